The molecule has 7 nitrogen and oxygen atoms in total. The molecule has 0 N–H and O–H groups in total. The fraction of sp³-hybridized carbons (Fsp3) is 0.222. The number of halogens is 3. The van der Waals surface area contributed by atoms with Gasteiger partial charge in [-0.15, -0.1) is 0 Å². The van der Waals surface area contributed by atoms with Crippen LogP contribution in [0.25, 0.3) is 11.3 Å². The number of benzene rings is 2. The Hall–Kier alpha value is -4.34. The number of aromatic nitrogens is 3. The Morgan fingerprint density at radius 1 is 1.00 bits per heavy atom. The predicted molar refractivity (Wildman–Crippen MR) is 129 cm³/mol. The Balaban J connectivity index is 1.23. The van der Waals surface area contributed by atoms with E-state index in [1.165, 1.54) is 18.3 Å². The van der Waals surface area contributed by atoms with Crippen LogP contribution >= 0.6 is 0 Å². The van der Waals surface area contributed by atoms with E-state index in [0.717, 1.165) is 34.7 Å². The molecule has 190 valence electrons. The molecule has 0 radical (unpaired) electrons. The molecule has 37 heavy (non-hydrogen) atoms. The van der Waals surface area contributed by atoms with Gasteiger partial charge in [-0.3, -0.25) is 9.55 Å². The normalized spacial score (nSPS) is 12.4. The summed E-state index contributed by atoms with van der Waals surface area (Å²) in [5, 5.41) is 0. The summed E-state index contributed by atoms with van der Waals surface area (Å²) in [5.41, 5.74) is 2.30. The predicted octanol–water partition coefficient (Wildman–Crippen LogP) is 5.30. The molecule has 0 aliphatic carbocycles. The minimum Gasteiger partial charge on any atom is -0.497 e. The third kappa shape index (κ3) is 5.42. The topological polar surface area (TPSA) is 75.5 Å². The highest BCUT2D eigenvalue weighted by atomic mass is 19.4. The fourth-order valence-electron chi connectivity index (χ4n) is 4.14. The first-order valence-electron chi connectivity index (χ1n) is 11.5. The SMILES string of the molecule is COc1ccc2c(c1)CCn1c-2cc(OCCc2ccc(Oc3cccc(C(F)(F)F)c3)cn2)nc1=O. The third-order valence-corrected chi connectivity index (χ3v) is 5.98. The molecule has 0 saturated carbocycles. The van der Waals surface area contributed by atoms with Crippen LogP contribution in [0.3, 0.4) is 0 Å². The van der Waals surface area contributed by atoms with Crippen molar-refractivity contribution in [1.82, 2.24) is 14.5 Å². The number of hydrogen-bond acceptors (Lipinski definition) is 6. The van der Waals surface area contributed by atoms with Crippen LogP contribution in [-0.2, 0) is 25.6 Å². The monoisotopic (exact) mass is 509 g/mol. The lowest BCUT2D eigenvalue weighted by Gasteiger charge is -2.22. The first-order valence-corrected chi connectivity index (χ1v) is 11.5. The second-order valence-electron chi connectivity index (χ2n) is 8.40. The maximum absolute atomic E-state index is 12.9. The van der Waals surface area contributed by atoms with Gasteiger partial charge in [-0.05, 0) is 60.5 Å². The molecule has 0 spiro atoms. The largest absolute Gasteiger partial charge is 0.497 e. The Morgan fingerprint density at radius 2 is 1.84 bits per heavy atom. The molecule has 0 unspecified atom stereocenters. The van der Waals surface area contributed by atoms with Gasteiger partial charge in [-0.2, -0.15) is 18.2 Å². The lowest BCUT2D eigenvalue weighted by atomic mass is 9.97. The summed E-state index contributed by atoms with van der Waals surface area (Å²) in [6.45, 7) is 0.757. The van der Waals surface area contributed by atoms with Crippen molar-refractivity contribution in [1.29, 1.82) is 0 Å². The van der Waals surface area contributed by atoms with Crippen LogP contribution in [0.1, 0.15) is 16.8 Å². The number of nitrogens with zero attached hydrogens (tertiary/aromatic N) is 3. The smallest absolute Gasteiger partial charge is 0.416 e. The van der Waals surface area contributed by atoms with Gasteiger partial charge < -0.3 is 14.2 Å². The van der Waals surface area contributed by atoms with Gasteiger partial charge in [-0.25, -0.2) is 4.79 Å². The van der Waals surface area contributed by atoms with Crippen molar-refractivity contribution in [2.75, 3.05) is 13.7 Å². The number of fused-ring (bicyclic) bond motifs is 3. The van der Waals surface area contributed by atoms with E-state index in [0.29, 0.717) is 30.8 Å². The van der Waals surface area contributed by atoms with Gasteiger partial charge in [0.1, 0.15) is 17.2 Å². The Labute approximate surface area is 210 Å². The van der Waals surface area contributed by atoms with E-state index < -0.39 is 11.7 Å². The molecule has 1 aliphatic rings. The molecule has 4 aromatic rings. The van der Waals surface area contributed by atoms with E-state index in [1.54, 1.807) is 29.9 Å². The van der Waals surface area contributed by atoms with E-state index in [9.17, 15) is 18.0 Å². The van der Waals surface area contributed by atoms with Crippen LogP contribution in [0, 0.1) is 0 Å². The van der Waals surface area contributed by atoms with Crippen molar-refractivity contribution in [3.05, 3.63) is 94.2 Å². The average Bonchev–Trinajstić information content (AvgIpc) is 2.89. The lowest BCUT2D eigenvalue weighted by Crippen LogP contribution is -2.28. The number of pyridine rings is 1. The maximum Gasteiger partial charge on any atom is 0.416 e. The first kappa shape index (κ1) is 24.4. The van der Waals surface area contributed by atoms with Gasteiger partial charge in [0, 0.05) is 30.3 Å². The van der Waals surface area contributed by atoms with Crippen LogP contribution in [-0.4, -0.2) is 28.3 Å². The highest BCUT2D eigenvalue weighted by Crippen LogP contribution is 2.33. The van der Waals surface area contributed by atoms with E-state index in [4.69, 9.17) is 14.2 Å². The van der Waals surface area contributed by atoms with Crippen LogP contribution in [0.5, 0.6) is 23.1 Å². The van der Waals surface area contributed by atoms with Crippen molar-refractivity contribution in [2.24, 2.45) is 0 Å². The molecule has 2 aromatic carbocycles. The zero-order chi connectivity index (χ0) is 26.0. The maximum atomic E-state index is 12.9. The van der Waals surface area contributed by atoms with Gasteiger partial charge in [-0.1, -0.05) is 6.07 Å². The van der Waals surface area contributed by atoms with E-state index in [2.05, 4.69) is 9.97 Å². The number of methoxy groups -OCH3 is 1. The lowest BCUT2D eigenvalue weighted by molar-refractivity contribution is -0.137. The molecule has 10 heteroatoms. The molecule has 0 amide bonds. The molecule has 5 rings (SSSR count). The first-order chi connectivity index (χ1) is 17.8. The number of ether oxygens (including phenoxy) is 3. The molecule has 0 fully saturated rings. The average molecular weight is 509 g/mol. The number of aryl methyl sites for hydroxylation is 1. The number of hydrogen-bond donors (Lipinski definition) is 0. The summed E-state index contributed by atoms with van der Waals surface area (Å²) in [7, 11) is 1.62. The quantitative estimate of drug-likeness (QED) is 0.337. The Bertz CT molecular complexity index is 1480. The van der Waals surface area contributed by atoms with Crippen LogP contribution in [0.4, 0.5) is 13.2 Å². The zero-order valence-corrected chi connectivity index (χ0v) is 19.8. The molecule has 1 aliphatic heterocycles. The molecular weight excluding hydrogens is 487 g/mol. The number of alkyl halides is 3. The summed E-state index contributed by atoms with van der Waals surface area (Å²) in [6, 6.07) is 15.5. The van der Waals surface area contributed by atoms with Crippen molar-refractivity contribution in [3.8, 4) is 34.4 Å². The van der Waals surface area contributed by atoms with Gasteiger partial charge in [0.15, 0.2) is 0 Å². The Morgan fingerprint density at radius 3 is 2.59 bits per heavy atom. The minimum atomic E-state index is -4.45. The van der Waals surface area contributed by atoms with Crippen LogP contribution in [0.15, 0.2) is 71.7 Å². The number of rotatable bonds is 7. The molecule has 3 heterocycles. The second kappa shape index (κ2) is 9.96. The zero-order valence-electron chi connectivity index (χ0n) is 19.8. The Kier molecular flexibility index (Phi) is 6.56. The van der Waals surface area contributed by atoms with Gasteiger partial charge in [0.05, 0.1) is 31.2 Å². The highest BCUT2D eigenvalue weighted by molar-refractivity contribution is 5.67. The fourth-order valence-corrected chi connectivity index (χ4v) is 4.14. The van der Waals surface area contributed by atoms with E-state index in [-0.39, 0.29) is 23.9 Å². The molecular formula is C27H22F3N3O4. The molecule has 0 bridgehead atoms. The van der Waals surface area contributed by atoms with Crippen molar-refractivity contribution in [2.45, 2.75) is 25.6 Å². The van der Waals surface area contributed by atoms with Gasteiger partial charge in [0.25, 0.3) is 0 Å². The van der Waals surface area contributed by atoms with E-state index >= 15 is 0 Å². The summed E-state index contributed by atoms with van der Waals surface area (Å²) in [6.07, 6.45) is -1.88. The molecule has 0 atom stereocenters. The summed E-state index contributed by atoms with van der Waals surface area (Å²) in [5.74, 6) is 1.37. The molecule has 2 aromatic heterocycles. The van der Waals surface area contributed by atoms with Crippen LogP contribution in [0.2, 0.25) is 0 Å². The summed E-state index contributed by atoms with van der Waals surface area (Å²) < 4.78 is 56.9. The summed E-state index contributed by atoms with van der Waals surface area (Å²) in [4.78, 5) is 20.9. The van der Waals surface area contributed by atoms with E-state index in [1.807, 2.05) is 18.2 Å². The van der Waals surface area contributed by atoms with Crippen LogP contribution < -0.4 is 19.9 Å². The second-order valence-corrected chi connectivity index (χ2v) is 8.40. The standard InChI is InChI=1S/C27H22F3N3O4/c1-35-20-7-8-23-17(13-20)9-11-33-24(23)15-25(32-26(33)34)36-12-10-19-5-6-22(16-31-19)37-21-4-2-3-18(14-21)27(28,29)30/h2-8,13-16H,9-12H2,1H3. The summed E-state index contributed by atoms with van der Waals surface area (Å²) >= 11 is 0. The highest BCUT2D eigenvalue weighted by Gasteiger charge is 2.30. The van der Waals surface area contributed by atoms with Gasteiger partial charge in [0.2, 0.25) is 5.88 Å². The van der Waals surface area contributed by atoms with Crippen molar-refractivity contribution in [3.63, 3.8) is 0 Å². The third-order valence-electron chi connectivity index (χ3n) is 5.98. The van der Waals surface area contributed by atoms with Gasteiger partial charge >= 0.3 is 11.9 Å². The molecule has 0 saturated heterocycles. The van der Waals surface area contributed by atoms with Crippen molar-refractivity contribution >= 4 is 0 Å². The minimum absolute atomic E-state index is 0.0671. The van der Waals surface area contributed by atoms with Crippen molar-refractivity contribution < 1.29 is 27.4 Å².